The van der Waals surface area contributed by atoms with Crippen LogP contribution < -0.4 is 14.8 Å². The first-order valence-electron chi connectivity index (χ1n) is 10.9. The summed E-state index contributed by atoms with van der Waals surface area (Å²) in [5.74, 6) is 0.0249. The molecule has 0 aromatic heterocycles. The summed E-state index contributed by atoms with van der Waals surface area (Å²) < 4.78 is 36.5. The monoisotopic (exact) mass is 556 g/mol. The summed E-state index contributed by atoms with van der Waals surface area (Å²) in [6, 6.07) is 7.58. The molecule has 0 saturated heterocycles. The second kappa shape index (κ2) is 12.7. The fourth-order valence-electron chi connectivity index (χ4n) is 3.04. The molecule has 11 heteroatoms. The van der Waals surface area contributed by atoms with Crippen molar-refractivity contribution in [3.63, 3.8) is 0 Å². The predicted molar refractivity (Wildman–Crippen MR) is 131 cm³/mol. The second-order valence-electron chi connectivity index (χ2n) is 8.62. The van der Waals surface area contributed by atoms with Gasteiger partial charge in [0.05, 0.1) is 47.5 Å². The Balaban J connectivity index is 2.05. The van der Waals surface area contributed by atoms with Crippen LogP contribution in [0.25, 0.3) is 0 Å². The number of halogens is 2. The van der Waals surface area contributed by atoms with Crippen molar-refractivity contribution in [2.45, 2.75) is 52.4 Å². The first kappa shape index (κ1) is 28.3. The summed E-state index contributed by atoms with van der Waals surface area (Å²) in [6.07, 6.45) is -0.822. The van der Waals surface area contributed by atoms with E-state index in [-0.39, 0.29) is 36.0 Å². The van der Waals surface area contributed by atoms with Gasteiger partial charge in [-0.05, 0) is 62.2 Å². The van der Waals surface area contributed by atoms with E-state index in [1.165, 1.54) is 19.2 Å². The van der Waals surface area contributed by atoms with Gasteiger partial charge in [0.25, 0.3) is 5.69 Å². The van der Waals surface area contributed by atoms with E-state index in [9.17, 15) is 19.3 Å². The number of carbonyl (C=O) groups excluding carboxylic acids is 1. The van der Waals surface area contributed by atoms with Gasteiger partial charge in [0.2, 0.25) is 0 Å². The van der Waals surface area contributed by atoms with Gasteiger partial charge >= 0.3 is 6.09 Å². The van der Waals surface area contributed by atoms with Crippen LogP contribution in [0.2, 0.25) is 0 Å². The summed E-state index contributed by atoms with van der Waals surface area (Å²) in [7, 11) is 1.42. The number of nitro groups is 1. The van der Waals surface area contributed by atoms with Crippen molar-refractivity contribution in [3.8, 4) is 11.5 Å². The highest BCUT2D eigenvalue weighted by Gasteiger charge is 2.25. The molecule has 1 unspecified atom stereocenters. The van der Waals surface area contributed by atoms with Crippen molar-refractivity contribution in [3.05, 3.63) is 61.9 Å². The molecule has 2 aromatic rings. The van der Waals surface area contributed by atoms with Gasteiger partial charge in [0.15, 0.2) is 11.5 Å². The van der Waals surface area contributed by atoms with Gasteiger partial charge in [0, 0.05) is 12.1 Å². The Bertz CT molecular complexity index is 1040. The number of methoxy groups -OCH3 is 1. The lowest BCUT2D eigenvalue weighted by atomic mass is 10.1. The molecule has 9 nitrogen and oxygen atoms in total. The lowest BCUT2D eigenvalue weighted by Crippen LogP contribution is -2.33. The number of rotatable bonds is 11. The predicted octanol–water partition coefficient (Wildman–Crippen LogP) is 6.08. The number of benzene rings is 2. The SMILES string of the molecule is COc1cc(C(C)OCc2cccc(Br)c2[19F])c([N+](=O)[O-])cc1OCCCNC(=O)OC(C)(C)C. The Morgan fingerprint density at radius 3 is 2.60 bits per heavy atom. The molecule has 0 spiro atoms. The molecular weight excluding hydrogens is 527 g/mol. The molecule has 0 bridgehead atoms. The van der Waals surface area contributed by atoms with E-state index in [0.29, 0.717) is 23.0 Å². The normalized spacial score (nSPS) is 12.1. The Kier molecular flexibility index (Phi) is 10.3. The van der Waals surface area contributed by atoms with Gasteiger partial charge in [-0.15, -0.1) is 0 Å². The third kappa shape index (κ3) is 8.66. The van der Waals surface area contributed by atoms with Crippen molar-refractivity contribution >= 4 is 27.7 Å². The lowest BCUT2D eigenvalue weighted by Gasteiger charge is -2.19. The van der Waals surface area contributed by atoms with Crippen LogP contribution in [0.15, 0.2) is 34.8 Å². The molecule has 2 rings (SSSR count). The topological polar surface area (TPSA) is 109 Å². The molecule has 0 radical (unpaired) electrons. The third-order valence-electron chi connectivity index (χ3n) is 4.71. The molecule has 35 heavy (non-hydrogen) atoms. The van der Waals surface area contributed by atoms with Crippen LogP contribution in [-0.4, -0.2) is 36.9 Å². The second-order valence-corrected chi connectivity index (χ2v) is 9.47. The molecule has 1 atom stereocenters. The number of ether oxygens (including phenoxy) is 4. The highest BCUT2D eigenvalue weighted by Crippen LogP contribution is 2.39. The molecule has 0 aliphatic rings. The number of nitrogens with one attached hydrogen (secondary N) is 1. The van der Waals surface area contributed by atoms with E-state index in [2.05, 4.69) is 21.2 Å². The molecule has 0 aliphatic carbocycles. The molecule has 1 amide bonds. The number of amides is 1. The van der Waals surface area contributed by atoms with Gasteiger partial charge in [-0.1, -0.05) is 12.1 Å². The summed E-state index contributed by atoms with van der Waals surface area (Å²) in [4.78, 5) is 22.9. The molecule has 1 N–H and O–H groups in total. The summed E-state index contributed by atoms with van der Waals surface area (Å²) in [5.41, 5.74) is -0.224. The van der Waals surface area contributed by atoms with E-state index in [0.717, 1.165) is 0 Å². The van der Waals surface area contributed by atoms with Crippen molar-refractivity contribution in [1.82, 2.24) is 5.32 Å². The third-order valence-corrected chi connectivity index (χ3v) is 5.33. The molecule has 0 heterocycles. The Morgan fingerprint density at radius 2 is 1.97 bits per heavy atom. The fraction of sp³-hybridized carbons (Fsp3) is 0.458. The maximum Gasteiger partial charge on any atom is 0.407 e. The standard InChI is InChI=1S/C24H30BrFN2O7/c1-15(34-14-16-8-6-9-18(25)22(16)26)17-12-20(32-5)21(13-19(17)28(30)31)33-11-7-10-27-23(29)35-24(2,3)4/h6,8-9,12-13,15H,7,10-11,14H2,1-5H3,(H,27,29)/i26+0. The van der Waals surface area contributed by atoms with E-state index in [4.69, 9.17) is 18.9 Å². The molecule has 192 valence electrons. The zero-order chi connectivity index (χ0) is 26.2. The average Bonchev–Trinajstić information content (AvgIpc) is 2.77. The maximum atomic E-state index is 14.2. The molecule has 0 fully saturated rings. The van der Waals surface area contributed by atoms with Gasteiger partial charge in [0.1, 0.15) is 11.4 Å². The highest BCUT2D eigenvalue weighted by atomic mass is 79.9. The van der Waals surface area contributed by atoms with Gasteiger partial charge in [-0.25, -0.2) is 9.18 Å². The van der Waals surface area contributed by atoms with E-state index >= 15 is 0 Å². The molecular formula is C24H30BrFN2O7. The Morgan fingerprint density at radius 1 is 1.26 bits per heavy atom. The number of hydrogen-bond donors (Lipinski definition) is 1. The largest absolute Gasteiger partial charge is 0.493 e. The molecule has 2 aromatic carbocycles. The molecule has 0 saturated carbocycles. The van der Waals surface area contributed by atoms with Crippen LogP contribution in [0.3, 0.4) is 0 Å². The Labute approximate surface area is 212 Å². The maximum absolute atomic E-state index is 14.2. The van der Waals surface area contributed by atoms with E-state index in [1.54, 1.807) is 45.9 Å². The molecule has 0 aliphatic heterocycles. The van der Waals surface area contributed by atoms with Crippen molar-refractivity contribution in [2.24, 2.45) is 0 Å². The fourth-order valence-corrected chi connectivity index (χ4v) is 3.45. The quantitative estimate of drug-likeness (QED) is 0.203. The van der Waals surface area contributed by atoms with E-state index in [1.807, 2.05) is 0 Å². The zero-order valence-corrected chi connectivity index (χ0v) is 21.9. The number of carbonyl (C=O) groups is 1. The van der Waals surface area contributed by atoms with Crippen LogP contribution in [0.5, 0.6) is 11.5 Å². The van der Waals surface area contributed by atoms with Crippen molar-refractivity contribution in [1.29, 1.82) is 0 Å². The summed E-state index contributed by atoms with van der Waals surface area (Å²) >= 11 is 3.13. The van der Waals surface area contributed by atoms with Crippen LogP contribution in [0.1, 0.15) is 51.3 Å². The number of nitrogens with zero attached hydrogens (tertiary/aromatic N) is 1. The van der Waals surface area contributed by atoms with Crippen LogP contribution in [0, 0.1) is 15.9 Å². The lowest BCUT2D eigenvalue weighted by molar-refractivity contribution is -0.386. The minimum absolute atomic E-state index is 0.0746. The smallest absolute Gasteiger partial charge is 0.407 e. The van der Waals surface area contributed by atoms with Gasteiger partial charge in [-0.3, -0.25) is 10.1 Å². The summed E-state index contributed by atoms with van der Waals surface area (Å²) in [6.45, 7) is 7.34. The Hall–Kier alpha value is -2.92. The summed E-state index contributed by atoms with van der Waals surface area (Å²) in [5, 5.41) is 14.4. The number of nitro benzene ring substituents is 1. The number of alkyl carbamates (subject to hydrolysis) is 1. The van der Waals surface area contributed by atoms with Gasteiger partial charge in [-0.2, -0.15) is 0 Å². The average molecular weight is 557 g/mol. The van der Waals surface area contributed by atoms with Gasteiger partial charge < -0.3 is 24.3 Å². The van der Waals surface area contributed by atoms with E-state index < -0.39 is 28.5 Å². The number of hydrogen-bond acceptors (Lipinski definition) is 7. The van der Waals surface area contributed by atoms with Crippen LogP contribution in [-0.2, 0) is 16.1 Å². The highest BCUT2D eigenvalue weighted by molar-refractivity contribution is 9.10. The first-order valence-corrected chi connectivity index (χ1v) is 11.7. The minimum Gasteiger partial charge on any atom is -0.493 e. The zero-order valence-electron chi connectivity index (χ0n) is 20.4. The first-order chi connectivity index (χ1) is 16.4. The van der Waals surface area contributed by atoms with Crippen LogP contribution in [0.4, 0.5) is 14.9 Å². The van der Waals surface area contributed by atoms with Crippen LogP contribution >= 0.6 is 15.9 Å². The van der Waals surface area contributed by atoms with Crippen molar-refractivity contribution < 1.29 is 33.1 Å². The van der Waals surface area contributed by atoms with Crippen molar-refractivity contribution in [2.75, 3.05) is 20.3 Å². The minimum atomic E-state index is -0.727.